The van der Waals surface area contributed by atoms with Gasteiger partial charge in [0, 0.05) is 29.1 Å². The largest absolute Gasteiger partial charge is 0.509 e. The Morgan fingerprint density at radius 3 is 2.58 bits per heavy atom. The zero-order chi connectivity index (χ0) is 27.8. The Morgan fingerprint density at radius 1 is 1.24 bits per heavy atom. The number of esters is 1. The van der Waals surface area contributed by atoms with Crippen molar-refractivity contribution >= 4 is 34.8 Å². The van der Waals surface area contributed by atoms with Crippen LogP contribution in [0.15, 0.2) is 23.8 Å². The van der Waals surface area contributed by atoms with Crippen LogP contribution < -0.4 is 0 Å². The molecule has 3 saturated carbocycles. The molecule has 4 aliphatic carbocycles. The van der Waals surface area contributed by atoms with E-state index >= 15 is 8.78 Å². The molecule has 4 fully saturated rings. The van der Waals surface area contributed by atoms with Gasteiger partial charge in [-0.25, -0.2) is 13.6 Å². The molecule has 1 N–H and O–H groups in total. The molecule has 10 atom stereocenters. The molecule has 0 bridgehead atoms. The van der Waals surface area contributed by atoms with Gasteiger partial charge in [0.25, 0.3) is 0 Å². The first-order valence-electron chi connectivity index (χ1n) is 13.0. The Morgan fingerprint density at radius 2 is 1.95 bits per heavy atom. The Balaban J connectivity index is 1.60. The number of fused-ring (bicyclic) bond motifs is 5. The van der Waals surface area contributed by atoms with Gasteiger partial charge in [-0.1, -0.05) is 26.8 Å². The smallest absolute Gasteiger partial charge is 0.449 e. The number of hydrogen-bond acceptors (Lipinski definition) is 9. The number of carbonyl (C=O) groups excluding carboxylic acids is 4. The van der Waals surface area contributed by atoms with Crippen LogP contribution in [0.1, 0.15) is 53.4 Å². The topological polar surface area (TPSA) is 116 Å². The van der Waals surface area contributed by atoms with Crippen molar-refractivity contribution in [3.63, 3.8) is 0 Å². The van der Waals surface area contributed by atoms with Gasteiger partial charge in [-0.15, -0.1) is 0 Å². The first-order chi connectivity index (χ1) is 17.7. The van der Waals surface area contributed by atoms with Gasteiger partial charge in [-0.2, -0.15) is 0 Å². The van der Waals surface area contributed by atoms with Crippen molar-refractivity contribution in [1.82, 2.24) is 0 Å². The summed E-state index contributed by atoms with van der Waals surface area (Å²) in [6.07, 6.45) is -0.802. The van der Waals surface area contributed by atoms with Crippen LogP contribution in [0, 0.1) is 28.6 Å². The van der Waals surface area contributed by atoms with Crippen LogP contribution in [0.5, 0.6) is 0 Å². The summed E-state index contributed by atoms with van der Waals surface area (Å²) in [5, 5.41) is 11.0. The summed E-state index contributed by atoms with van der Waals surface area (Å²) in [7, 11) is 0. The summed E-state index contributed by atoms with van der Waals surface area (Å²) in [5.74, 6) is -3.34. The number of rotatable bonds is 4. The van der Waals surface area contributed by atoms with Crippen molar-refractivity contribution in [2.45, 2.75) is 82.4 Å². The van der Waals surface area contributed by atoms with Gasteiger partial charge in [0.2, 0.25) is 5.12 Å². The van der Waals surface area contributed by atoms with Gasteiger partial charge >= 0.3 is 12.1 Å². The Labute approximate surface area is 223 Å². The van der Waals surface area contributed by atoms with E-state index in [1.165, 1.54) is 19.1 Å². The Bertz CT molecular complexity index is 1160. The van der Waals surface area contributed by atoms with Crippen molar-refractivity contribution in [3.05, 3.63) is 23.8 Å². The summed E-state index contributed by atoms with van der Waals surface area (Å²) in [4.78, 5) is 50.3. The molecule has 208 valence electrons. The average Bonchev–Trinajstić information content (AvgIpc) is 3.35. The van der Waals surface area contributed by atoms with Crippen molar-refractivity contribution in [3.8, 4) is 0 Å². The lowest BCUT2D eigenvalue weighted by Crippen LogP contribution is -2.70. The molecule has 0 aromatic heterocycles. The fourth-order valence-electron chi connectivity index (χ4n) is 8.05. The quantitative estimate of drug-likeness (QED) is 0.515. The molecule has 38 heavy (non-hydrogen) atoms. The van der Waals surface area contributed by atoms with Crippen LogP contribution >= 0.6 is 11.8 Å². The molecule has 1 unspecified atom stereocenters. The highest BCUT2D eigenvalue weighted by Crippen LogP contribution is 2.72. The number of ketones is 1. The lowest BCUT2D eigenvalue weighted by molar-refractivity contribution is -0.228. The van der Waals surface area contributed by atoms with E-state index in [1.807, 2.05) is 0 Å². The highest BCUT2D eigenvalue weighted by Gasteiger charge is 2.78. The van der Waals surface area contributed by atoms with Crippen LogP contribution in [0.3, 0.4) is 0 Å². The van der Waals surface area contributed by atoms with Gasteiger partial charge < -0.3 is 19.3 Å². The van der Waals surface area contributed by atoms with Gasteiger partial charge in [-0.05, 0) is 61.6 Å². The van der Waals surface area contributed by atoms with Crippen molar-refractivity contribution < 1.29 is 47.3 Å². The molecule has 0 amide bonds. The van der Waals surface area contributed by atoms with Crippen molar-refractivity contribution in [1.29, 1.82) is 0 Å². The monoisotopic (exact) mass is 554 g/mol. The number of hydrogen-bond donors (Lipinski definition) is 1. The maximum atomic E-state index is 17.4. The molecule has 5 aliphatic rings. The first kappa shape index (κ1) is 27.3. The van der Waals surface area contributed by atoms with Gasteiger partial charge in [-0.3, -0.25) is 14.4 Å². The van der Waals surface area contributed by atoms with E-state index in [0.717, 1.165) is 6.08 Å². The number of aliphatic hydroxyl groups excluding tert-OH is 1. The number of allylic oxidation sites excluding steroid dienone is 4. The Hall–Kier alpha value is -2.27. The molecule has 5 rings (SSSR count). The van der Waals surface area contributed by atoms with E-state index in [1.54, 1.807) is 20.8 Å². The summed E-state index contributed by atoms with van der Waals surface area (Å²) in [6.45, 7) is 6.36. The zero-order valence-corrected chi connectivity index (χ0v) is 22.5. The molecule has 0 radical (unpaired) electrons. The highest BCUT2D eigenvalue weighted by molar-refractivity contribution is 8.14. The minimum Gasteiger partial charge on any atom is -0.449 e. The predicted octanol–water partition coefficient (Wildman–Crippen LogP) is 4.00. The summed E-state index contributed by atoms with van der Waals surface area (Å²) < 4.78 is 48.9. The van der Waals surface area contributed by atoms with Crippen LogP contribution in [0.25, 0.3) is 0 Å². The molecule has 1 heterocycles. The van der Waals surface area contributed by atoms with E-state index in [-0.39, 0.29) is 37.9 Å². The molecule has 1 saturated heterocycles. The molecule has 0 spiro atoms. The van der Waals surface area contributed by atoms with Crippen LogP contribution in [-0.2, 0) is 28.6 Å². The molecule has 1 aliphatic heterocycles. The third-order valence-corrected chi connectivity index (χ3v) is 10.9. The number of ether oxygens (including phenoxy) is 3. The normalized spacial score (nSPS) is 47.3. The molecule has 11 heteroatoms. The minimum atomic E-state index is -2.32. The molecular formula is C27H32F2O8S. The summed E-state index contributed by atoms with van der Waals surface area (Å²) in [6, 6.07) is 0. The fourth-order valence-corrected chi connectivity index (χ4v) is 9.20. The standard InChI is InChI=1S/C27H32F2O8S/c1-5-20(32)37-27(22(33)38-21-12-35-23(34)36-21)13(2)8-15-16-10-18(28)17-9-14(30)6-7-24(17,3)26(16,29)19(31)11-25(15,27)4/h6-7,9,13,15-16,18-19,21,31H,5,8,10-12H2,1-4H3/t13-,15+,16+,18+,19+,21?,24+,25+,26+,27+/m1/s1. The van der Waals surface area contributed by atoms with Crippen molar-refractivity contribution in [2.75, 3.05) is 6.61 Å². The SMILES string of the molecule is CCC(=O)O[C@]1(C(=O)SC2COC(=O)O2)[C@H](C)C[C@H]2[C@@H]3C[C@H](F)C4=CC(=O)C=C[C@]4(C)[C@@]3(F)[C@@H](O)C[C@@]21C. The van der Waals surface area contributed by atoms with E-state index in [9.17, 15) is 24.3 Å². The van der Waals surface area contributed by atoms with Gasteiger partial charge in [0.15, 0.2) is 22.5 Å². The second kappa shape index (κ2) is 8.87. The zero-order valence-electron chi connectivity index (χ0n) is 21.7. The molecule has 8 nitrogen and oxygen atoms in total. The third kappa shape index (κ3) is 3.42. The van der Waals surface area contributed by atoms with Crippen LogP contribution in [-0.4, -0.2) is 63.7 Å². The van der Waals surface area contributed by atoms with E-state index in [4.69, 9.17) is 14.2 Å². The second-order valence-corrected chi connectivity index (χ2v) is 12.7. The minimum absolute atomic E-state index is 0.0100. The van der Waals surface area contributed by atoms with Crippen LogP contribution in [0.2, 0.25) is 0 Å². The van der Waals surface area contributed by atoms with Gasteiger partial charge in [0.1, 0.15) is 12.8 Å². The number of halogens is 2. The van der Waals surface area contributed by atoms with E-state index in [2.05, 4.69) is 0 Å². The number of cyclic esters (lactones) is 2. The maximum absolute atomic E-state index is 17.4. The number of thioether (sulfide) groups is 1. The second-order valence-electron chi connectivity index (χ2n) is 11.6. The fraction of sp³-hybridized carbons (Fsp3) is 0.704. The lowest BCUT2D eigenvalue weighted by Gasteiger charge is -2.63. The molecule has 0 aromatic carbocycles. The highest BCUT2D eigenvalue weighted by atomic mass is 32.2. The van der Waals surface area contributed by atoms with Crippen molar-refractivity contribution in [2.24, 2.45) is 28.6 Å². The number of aliphatic hydroxyl groups is 1. The lowest BCUT2D eigenvalue weighted by atomic mass is 9.44. The third-order valence-electron chi connectivity index (χ3n) is 9.84. The Kier molecular flexibility index (Phi) is 6.38. The van der Waals surface area contributed by atoms with Crippen LogP contribution in [0.4, 0.5) is 13.6 Å². The van der Waals surface area contributed by atoms with Gasteiger partial charge in [0.05, 0.1) is 6.10 Å². The predicted molar refractivity (Wildman–Crippen MR) is 131 cm³/mol. The molecule has 0 aromatic rings. The van der Waals surface area contributed by atoms with E-state index in [0.29, 0.717) is 11.8 Å². The van der Waals surface area contributed by atoms with E-state index < -0.39 is 80.6 Å². The molecular weight excluding hydrogens is 522 g/mol. The average molecular weight is 555 g/mol. The summed E-state index contributed by atoms with van der Waals surface area (Å²) in [5.41, 5.74) is -7.86. The number of carbonyl (C=O) groups is 4. The summed E-state index contributed by atoms with van der Waals surface area (Å²) >= 11 is 0.674. The first-order valence-corrected chi connectivity index (χ1v) is 13.8. The maximum Gasteiger partial charge on any atom is 0.509 e. The number of alkyl halides is 2.